The second-order valence-corrected chi connectivity index (χ2v) is 13.0. The number of aromatic hydroxyl groups is 5. The zero-order valence-electron chi connectivity index (χ0n) is 28.4. The number of aliphatic hydroxyl groups is 5. The first kappa shape index (κ1) is 38.5. The minimum atomic E-state index is -1.94. The molecule has 2 aliphatic heterocycles. The van der Waals surface area contributed by atoms with Crippen LogP contribution in [0.1, 0.15) is 34.0 Å². The van der Waals surface area contributed by atoms with Gasteiger partial charge in [0.15, 0.2) is 23.5 Å². The number of fused-ring (bicyclic) bond motifs is 1. The van der Waals surface area contributed by atoms with Gasteiger partial charge in [0.2, 0.25) is 12.1 Å². The summed E-state index contributed by atoms with van der Waals surface area (Å²) < 4.78 is 28.2. The average Bonchev–Trinajstić information content (AvgIpc) is 3.13. The Hall–Kier alpha value is -5.24. The van der Waals surface area contributed by atoms with E-state index < -0.39 is 103 Å². The van der Waals surface area contributed by atoms with Gasteiger partial charge in [0, 0.05) is 24.1 Å². The Bertz CT molecular complexity index is 1940. The van der Waals surface area contributed by atoms with E-state index in [1.54, 1.807) is 12.1 Å². The number of esters is 1. The minimum absolute atomic E-state index is 0.0354. The number of ether oxygens (including phenoxy) is 5. The van der Waals surface area contributed by atoms with Crippen LogP contribution in [-0.2, 0) is 34.9 Å². The number of phenolic OH excluding ortho intramolecular Hbond substituents is 5. The molecule has 3 aromatic rings. The van der Waals surface area contributed by atoms with E-state index in [0.717, 1.165) is 24.3 Å². The number of phenols is 5. The summed E-state index contributed by atoms with van der Waals surface area (Å²) in [6, 6.07) is 11.8. The van der Waals surface area contributed by atoms with Crippen molar-refractivity contribution in [1.29, 1.82) is 0 Å². The van der Waals surface area contributed by atoms with E-state index in [1.807, 2.05) is 0 Å². The zero-order chi connectivity index (χ0) is 39.0. The smallest absolute Gasteiger partial charge is 0.330 e. The molecule has 2 heterocycles. The van der Waals surface area contributed by atoms with Gasteiger partial charge in [-0.1, -0.05) is 18.2 Å². The lowest BCUT2D eigenvalue weighted by atomic mass is 9.85. The Morgan fingerprint density at radius 1 is 0.778 bits per heavy atom. The molecule has 2 fully saturated rings. The van der Waals surface area contributed by atoms with Gasteiger partial charge in [0.1, 0.15) is 66.6 Å². The van der Waals surface area contributed by atoms with Crippen LogP contribution in [0.25, 0.3) is 11.6 Å². The largest absolute Gasteiger partial charge is 0.508 e. The highest BCUT2D eigenvalue weighted by atomic mass is 16.7. The van der Waals surface area contributed by atoms with Crippen molar-refractivity contribution in [3.63, 3.8) is 0 Å². The summed E-state index contributed by atoms with van der Waals surface area (Å²) in [5, 5.41) is 104. The highest BCUT2D eigenvalue weighted by molar-refractivity contribution is 6.16. The molecule has 6 rings (SSSR count). The van der Waals surface area contributed by atoms with Crippen LogP contribution in [0.15, 0.2) is 66.4 Å². The van der Waals surface area contributed by atoms with Crippen LogP contribution in [0.4, 0.5) is 0 Å². The molecule has 17 heteroatoms. The molecule has 288 valence electrons. The van der Waals surface area contributed by atoms with Gasteiger partial charge in [0.25, 0.3) is 0 Å². The monoisotopic (exact) mass is 754 g/mol. The summed E-state index contributed by atoms with van der Waals surface area (Å²) >= 11 is 0. The first-order chi connectivity index (χ1) is 25.6. The normalized spacial score (nSPS) is 29.9. The summed E-state index contributed by atoms with van der Waals surface area (Å²) in [6.07, 6.45) is -14.5. The molecule has 0 aromatic heterocycles. The fourth-order valence-electron chi connectivity index (χ4n) is 6.35. The summed E-state index contributed by atoms with van der Waals surface area (Å²) in [6.45, 7) is 0.806. The average molecular weight is 755 g/mol. The van der Waals surface area contributed by atoms with Crippen molar-refractivity contribution >= 4 is 23.4 Å². The summed E-state index contributed by atoms with van der Waals surface area (Å²) in [7, 11) is 0. The number of hydrogen-bond donors (Lipinski definition) is 10. The van der Waals surface area contributed by atoms with E-state index in [2.05, 4.69) is 0 Å². The van der Waals surface area contributed by atoms with Gasteiger partial charge in [0.05, 0.1) is 11.7 Å². The van der Waals surface area contributed by atoms with Crippen molar-refractivity contribution in [3.8, 4) is 28.7 Å². The molecule has 3 aliphatic rings. The molecule has 0 spiro atoms. The van der Waals surface area contributed by atoms with E-state index in [0.29, 0.717) is 5.56 Å². The predicted molar refractivity (Wildman–Crippen MR) is 182 cm³/mol. The van der Waals surface area contributed by atoms with E-state index in [1.165, 1.54) is 37.3 Å². The Balaban J connectivity index is 1.16. The first-order valence-corrected chi connectivity index (χ1v) is 16.6. The molecule has 17 nitrogen and oxygen atoms in total. The van der Waals surface area contributed by atoms with Crippen LogP contribution >= 0.6 is 0 Å². The van der Waals surface area contributed by atoms with Crippen LogP contribution in [0.3, 0.4) is 0 Å². The van der Waals surface area contributed by atoms with Gasteiger partial charge in [-0.3, -0.25) is 4.79 Å². The number of ketones is 1. The summed E-state index contributed by atoms with van der Waals surface area (Å²) in [4.78, 5) is 26.1. The van der Waals surface area contributed by atoms with Crippen molar-refractivity contribution in [2.45, 2.75) is 74.8 Å². The maximum atomic E-state index is 13.8. The number of hydrogen-bond acceptors (Lipinski definition) is 17. The van der Waals surface area contributed by atoms with Crippen LogP contribution < -0.4 is 0 Å². The van der Waals surface area contributed by atoms with Crippen LogP contribution in [0.5, 0.6) is 28.7 Å². The number of Topliss-reactive ketones (excluding diaryl/α,β-unsaturated/α-hetero) is 1. The van der Waals surface area contributed by atoms with Crippen LogP contribution in [-0.4, -0.2) is 131 Å². The molecular weight excluding hydrogens is 716 g/mol. The third-order valence-electron chi connectivity index (χ3n) is 9.25. The summed E-state index contributed by atoms with van der Waals surface area (Å²) in [5.41, 5.74) is 0.871. The Morgan fingerprint density at radius 3 is 2.19 bits per heavy atom. The number of carbonyl (C=O) groups excluding carboxylic acids is 2. The molecule has 0 saturated carbocycles. The second kappa shape index (κ2) is 15.6. The molecule has 0 amide bonds. The van der Waals surface area contributed by atoms with Crippen molar-refractivity contribution in [2.24, 2.45) is 0 Å². The van der Waals surface area contributed by atoms with Crippen molar-refractivity contribution < 1.29 is 84.3 Å². The number of allylic oxidation sites excluding steroid dienone is 2. The molecule has 10 N–H and O–H groups in total. The molecule has 2 saturated heterocycles. The molecular formula is C37H38O17. The SMILES string of the molecule is C[C@H]1OC(OC2=C(c3ccc(O)c(O)c3)Cc3cc(O)cc(O)c3C2=O)[C@H](O)[C@H](O)[C@@H]1O[C@H]1O[C@@H](COC(=O)/C=C/c2ccc(O)cc2)[C@H](O)[C@@H](O)[C@@H]1O. The Labute approximate surface area is 306 Å². The van der Waals surface area contributed by atoms with E-state index in [-0.39, 0.29) is 40.2 Å². The second-order valence-electron chi connectivity index (χ2n) is 13.0. The van der Waals surface area contributed by atoms with Gasteiger partial charge in [-0.2, -0.15) is 0 Å². The Kier molecular flexibility index (Phi) is 11.1. The molecule has 1 aliphatic carbocycles. The van der Waals surface area contributed by atoms with Crippen LogP contribution in [0.2, 0.25) is 0 Å². The van der Waals surface area contributed by atoms with Gasteiger partial charge in [-0.05, 0) is 60.0 Å². The van der Waals surface area contributed by atoms with E-state index in [9.17, 15) is 60.7 Å². The van der Waals surface area contributed by atoms with Gasteiger partial charge in [-0.15, -0.1) is 0 Å². The fourth-order valence-corrected chi connectivity index (χ4v) is 6.35. The highest BCUT2D eigenvalue weighted by Crippen LogP contribution is 2.42. The molecule has 0 radical (unpaired) electrons. The van der Waals surface area contributed by atoms with Crippen molar-refractivity contribution in [1.82, 2.24) is 0 Å². The highest BCUT2D eigenvalue weighted by Gasteiger charge is 2.51. The lowest BCUT2D eigenvalue weighted by Crippen LogP contribution is -2.64. The Morgan fingerprint density at radius 2 is 1.48 bits per heavy atom. The number of rotatable bonds is 9. The minimum Gasteiger partial charge on any atom is -0.508 e. The maximum absolute atomic E-state index is 13.8. The molecule has 0 bridgehead atoms. The van der Waals surface area contributed by atoms with Gasteiger partial charge >= 0.3 is 5.97 Å². The van der Waals surface area contributed by atoms with Crippen molar-refractivity contribution in [3.05, 3.63) is 88.7 Å². The molecule has 10 atom stereocenters. The number of carbonyl (C=O) groups is 2. The zero-order valence-corrected chi connectivity index (χ0v) is 28.4. The topological polar surface area (TPSA) is 283 Å². The standard InChI is InChI=1S/C37H38O17/c1-15-34(53-37-32(48)30(46)28(44)25(52-37)14-50-26(43)9-4-16-2-6-19(38)7-3-16)31(47)33(49)36(51-15)54-35-21(17-5-8-22(40)23(41)12-17)11-18-10-20(39)13-24(42)27(18)29(35)45/h2-10,12-13,15,25,28,30-34,36-42,44,46-49H,11,14H2,1H3/b9-4+/t15-,25+,28+,30-,31+,32+,33-,34-,36?,37-/m1/s1. The number of benzene rings is 3. The third-order valence-corrected chi connectivity index (χ3v) is 9.25. The quantitative estimate of drug-likeness (QED) is 0.0799. The maximum Gasteiger partial charge on any atom is 0.330 e. The lowest BCUT2D eigenvalue weighted by molar-refractivity contribution is -0.352. The molecule has 54 heavy (non-hydrogen) atoms. The van der Waals surface area contributed by atoms with E-state index >= 15 is 0 Å². The number of aliphatic hydroxyl groups excluding tert-OH is 5. The molecule has 3 aromatic carbocycles. The third kappa shape index (κ3) is 7.84. The van der Waals surface area contributed by atoms with Crippen molar-refractivity contribution in [2.75, 3.05) is 6.61 Å². The summed E-state index contributed by atoms with van der Waals surface area (Å²) in [5.74, 6) is -4.01. The van der Waals surface area contributed by atoms with E-state index in [4.69, 9.17) is 23.7 Å². The predicted octanol–water partition coefficient (Wildman–Crippen LogP) is 0.297. The van der Waals surface area contributed by atoms with Crippen LogP contribution in [0, 0.1) is 0 Å². The van der Waals surface area contributed by atoms with Gasteiger partial charge < -0.3 is 74.7 Å². The fraction of sp³-hybridized carbons (Fsp3) is 0.351. The lowest BCUT2D eigenvalue weighted by Gasteiger charge is -2.45. The first-order valence-electron chi connectivity index (χ1n) is 16.6. The van der Waals surface area contributed by atoms with Gasteiger partial charge in [-0.25, -0.2) is 4.79 Å². The molecule has 1 unspecified atom stereocenters.